The van der Waals surface area contributed by atoms with Crippen molar-refractivity contribution in [2.24, 2.45) is 0 Å². The number of rotatable bonds is 5. The van der Waals surface area contributed by atoms with Gasteiger partial charge in [0.05, 0.1) is 0 Å². The minimum atomic E-state index is 0.652. The quantitative estimate of drug-likeness (QED) is 0.442. The maximum absolute atomic E-state index is 3.38. The third kappa shape index (κ3) is 8.69. The minimum absolute atomic E-state index is 0.652. The van der Waals surface area contributed by atoms with Crippen LogP contribution in [0.25, 0.3) is 0 Å². The second-order valence-electron chi connectivity index (χ2n) is 2.50. The molecule has 0 saturated carbocycles. The van der Waals surface area contributed by atoms with Gasteiger partial charge in [-0.3, -0.25) is 0 Å². The van der Waals surface area contributed by atoms with Gasteiger partial charge < -0.3 is 5.32 Å². The molecular weight excluding hydrogens is 225 g/mol. The average Bonchev–Trinajstić information content (AvgIpc) is 1.80. The summed E-state index contributed by atoms with van der Waals surface area (Å²) in [5.74, 6) is 0. The molecule has 0 radical (unpaired) electrons. The van der Waals surface area contributed by atoms with E-state index in [9.17, 15) is 0 Å². The summed E-state index contributed by atoms with van der Waals surface area (Å²) in [7, 11) is 0. The van der Waals surface area contributed by atoms with Gasteiger partial charge in [-0.05, 0) is 23.8 Å². The van der Waals surface area contributed by atoms with E-state index in [1.54, 1.807) is 0 Å². The Bertz CT molecular complexity index is 54.9. The summed E-state index contributed by atoms with van der Waals surface area (Å²) in [4.78, 5) is 0. The van der Waals surface area contributed by atoms with Gasteiger partial charge in [-0.15, -0.1) is 0 Å². The van der Waals surface area contributed by atoms with Crippen LogP contribution >= 0.6 is 22.6 Å². The highest BCUT2D eigenvalue weighted by Crippen LogP contribution is 1.92. The van der Waals surface area contributed by atoms with Crippen molar-refractivity contribution in [1.82, 2.24) is 5.32 Å². The zero-order valence-corrected chi connectivity index (χ0v) is 8.44. The SMILES string of the molecule is CC(C)NCCCCI. The van der Waals surface area contributed by atoms with E-state index in [4.69, 9.17) is 0 Å². The number of hydrogen-bond acceptors (Lipinski definition) is 1. The fourth-order valence-electron chi connectivity index (χ4n) is 0.610. The summed E-state index contributed by atoms with van der Waals surface area (Å²) in [6.45, 7) is 5.55. The molecule has 0 aliphatic rings. The molecule has 0 aliphatic carbocycles. The van der Waals surface area contributed by atoms with E-state index in [1.807, 2.05) is 0 Å². The molecule has 0 fully saturated rings. The standard InChI is InChI=1S/C7H16IN/c1-7(2)9-6-4-3-5-8/h7,9H,3-6H2,1-2H3. The summed E-state index contributed by atoms with van der Waals surface area (Å²) in [5, 5.41) is 3.38. The smallest absolute Gasteiger partial charge is 0.00103 e. The lowest BCUT2D eigenvalue weighted by molar-refractivity contribution is 0.568. The average molecular weight is 241 g/mol. The largest absolute Gasteiger partial charge is 0.315 e. The molecule has 0 heterocycles. The zero-order chi connectivity index (χ0) is 7.11. The lowest BCUT2D eigenvalue weighted by Gasteiger charge is -2.05. The van der Waals surface area contributed by atoms with E-state index in [0.717, 1.165) is 0 Å². The molecule has 56 valence electrons. The first-order valence-corrected chi connectivity index (χ1v) is 5.09. The molecule has 0 unspecified atom stereocenters. The summed E-state index contributed by atoms with van der Waals surface area (Å²) in [5.41, 5.74) is 0. The van der Waals surface area contributed by atoms with Crippen LogP contribution in [0.15, 0.2) is 0 Å². The fourth-order valence-corrected chi connectivity index (χ4v) is 1.15. The van der Waals surface area contributed by atoms with Crippen molar-refractivity contribution < 1.29 is 0 Å². The van der Waals surface area contributed by atoms with Crippen molar-refractivity contribution >= 4 is 22.6 Å². The van der Waals surface area contributed by atoms with Crippen LogP contribution in [0, 0.1) is 0 Å². The summed E-state index contributed by atoms with van der Waals surface area (Å²) in [6.07, 6.45) is 2.67. The highest BCUT2D eigenvalue weighted by Gasteiger charge is 1.89. The van der Waals surface area contributed by atoms with Crippen LogP contribution in [0.4, 0.5) is 0 Å². The van der Waals surface area contributed by atoms with Crippen LogP contribution in [-0.2, 0) is 0 Å². The van der Waals surface area contributed by atoms with Crippen LogP contribution in [0.1, 0.15) is 26.7 Å². The molecule has 0 spiro atoms. The predicted molar refractivity (Wildman–Crippen MR) is 51.3 cm³/mol. The van der Waals surface area contributed by atoms with Gasteiger partial charge in [-0.25, -0.2) is 0 Å². The third-order valence-electron chi connectivity index (χ3n) is 1.11. The van der Waals surface area contributed by atoms with Crippen LogP contribution in [0.3, 0.4) is 0 Å². The summed E-state index contributed by atoms with van der Waals surface area (Å²) < 4.78 is 1.29. The van der Waals surface area contributed by atoms with E-state index in [-0.39, 0.29) is 0 Å². The van der Waals surface area contributed by atoms with Gasteiger partial charge in [0.2, 0.25) is 0 Å². The Hall–Kier alpha value is 0.690. The number of alkyl halides is 1. The maximum Gasteiger partial charge on any atom is 0.00103 e. The van der Waals surface area contributed by atoms with E-state index < -0.39 is 0 Å². The van der Waals surface area contributed by atoms with Crippen LogP contribution in [0.2, 0.25) is 0 Å². The van der Waals surface area contributed by atoms with Crippen molar-refractivity contribution in [3.05, 3.63) is 0 Å². The van der Waals surface area contributed by atoms with E-state index >= 15 is 0 Å². The van der Waals surface area contributed by atoms with Gasteiger partial charge in [0, 0.05) is 6.04 Å². The van der Waals surface area contributed by atoms with E-state index in [2.05, 4.69) is 41.8 Å². The molecule has 0 aromatic rings. The molecule has 1 nitrogen and oxygen atoms in total. The normalized spacial score (nSPS) is 10.7. The Balaban J connectivity index is 2.75. The highest BCUT2D eigenvalue weighted by atomic mass is 127. The van der Waals surface area contributed by atoms with E-state index in [1.165, 1.54) is 23.8 Å². The number of unbranched alkanes of at least 4 members (excludes halogenated alkanes) is 1. The minimum Gasteiger partial charge on any atom is -0.315 e. The Morgan fingerprint density at radius 1 is 1.33 bits per heavy atom. The Kier molecular flexibility index (Phi) is 7.33. The molecule has 0 aliphatic heterocycles. The summed E-state index contributed by atoms with van der Waals surface area (Å²) >= 11 is 2.42. The van der Waals surface area contributed by atoms with Crippen LogP contribution < -0.4 is 5.32 Å². The van der Waals surface area contributed by atoms with Gasteiger partial charge in [-0.2, -0.15) is 0 Å². The zero-order valence-electron chi connectivity index (χ0n) is 6.28. The lowest BCUT2D eigenvalue weighted by Crippen LogP contribution is -2.23. The Labute approximate surface area is 71.7 Å². The molecule has 0 amide bonds. The first-order chi connectivity index (χ1) is 4.27. The van der Waals surface area contributed by atoms with Gasteiger partial charge in [0.25, 0.3) is 0 Å². The lowest BCUT2D eigenvalue weighted by atomic mass is 10.3. The molecular formula is C7H16IN. The van der Waals surface area contributed by atoms with Gasteiger partial charge in [0.1, 0.15) is 0 Å². The molecule has 9 heavy (non-hydrogen) atoms. The van der Waals surface area contributed by atoms with Crippen LogP contribution in [-0.4, -0.2) is 17.0 Å². The molecule has 0 rings (SSSR count). The van der Waals surface area contributed by atoms with Gasteiger partial charge in [-0.1, -0.05) is 36.4 Å². The molecule has 0 bridgehead atoms. The molecule has 0 aromatic heterocycles. The van der Waals surface area contributed by atoms with Crippen molar-refractivity contribution in [3.63, 3.8) is 0 Å². The maximum atomic E-state index is 3.38. The van der Waals surface area contributed by atoms with Gasteiger partial charge >= 0.3 is 0 Å². The van der Waals surface area contributed by atoms with Gasteiger partial charge in [0.15, 0.2) is 0 Å². The third-order valence-corrected chi connectivity index (χ3v) is 1.88. The van der Waals surface area contributed by atoms with Crippen LogP contribution in [0.5, 0.6) is 0 Å². The first kappa shape index (κ1) is 9.69. The van der Waals surface area contributed by atoms with Crippen molar-refractivity contribution in [2.45, 2.75) is 32.7 Å². The topological polar surface area (TPSA) is 12.0 Å². The molecule has 2 heteroatoms. The Morgan fingerprint density at radius 2 is 2.00 bits per heavy atom. The fraction of sp³-hybridized carbons (Fsp3) is 1.00. The highest BCUT2D eigenvalue weighted by molar-refractivity contribution is 14.1. The number of hydrogen-bond donors (Lipinski definition) is 1. The predicted octanol–water partition coefficient (Wildman–Crippen LogP) is 2.20. The Morgan fingerprint density at radius 3 is 2.44 bits per heavy atom. The van der Waals surface area contributed by atoms with Crippen molar-refractivity contribution in [2.75, 3.05) is 11.0 Å². The second kappa shape index (κ2) is 6.81. The number of halogens is 1. The molecule has 0 saturated heterocycles. The van der Waals surface area contributed by atoms with E-state index in [0.29, 0.717) is 6.04 Å². The molecule has 0 atom stereocenters. The van der Waals surface area contributed by atoms with Crippen molar-refractivity contribution in [1.29, 1.82) is 0 Å². The molecule has 0 aromatic carbocycles. The second-order valence-corrected chi connectivity index (χ2v) is 3.58. The summed E-state index contributed by atoms with van der Waals surface area (Å²) in [6, 6.07) is 0.652. The molecule has 1 N–H and O–H groups in total. The first-order valence-electron chi connectivity index (χ1n) is 3.56. The van der Waals surface area contributed by atoms with Crippen molar-refractivity contribution in [3.8, 4) is 0 Å². The monoisotopic (exact) mass is 241 g/mol. The number of nitrogens with one attached hydrogen (secondary N) is 1.